The summed E-state index contributed by atoms with van der Waals surface area (Å²) in [5.74, 6) is -0.256. The Morgan fingerprint density at radius 2 is 2.00 bits per heavy atom. The summed E-state index contributed by atoms with van der Waals surface area (Å²) < 4.78 is 0. The molecule has 1 aliphatic carbocycles. The topological polar surface area (TPSA) is 72.2 Å². The molecule has 3 N–H and O–H groups in total. The highest BCUT2D eigenvalue weighted by Crippen LogP contribution is 2.38. The molecule has 2 aromatic rings. The third-order valence-corrected chi connectivity index (χ3v) is 6.03. The number of carbonyl (C=O) groups excluding carboxylic acids is 2. The number of primary amides is 1. The predicted molar refractivity (Wildman–Crippen MR) is 95.4 cm³/mol. The van der Waals surface area contributed by atoms with E-state index in [1.807, 2.05) is 31.2 Å². The van der Waals surface area contributed by atoms with E-state index in [9.17, 15) is 9.59 Å². The molecule has 0 spiro atoms. The van der Waals surface area contributed by atoms with Gasteiger partial charge < -0.3 is 11.1 Å². The van der Waals surface area contributed by atoms with E-state index < -0.39 is 5.91 Å². The van der Waals surface area contributed by atoms with E-state index in [-0.39, 0.29) is 5.91 Å². The lowest BCUT2D eigenvalue weighted by Crippen LogP contribution is -2.18. The largest absolute Gasteiger partial charge is 0.365 e. The molecule has 0 saturated carbocycles. The molecule has 1 aromatic carbocycles. The summed E-state index contributed by atoms with van der Waals surface area (Å²) in [7, 11) is 0. The van der Waals surface area contributed by atoms with Gasteiger partial charge in [-0.3, -0.25) is 9.59 Å². The Labute approximate surface area is 143 Å². The van der Waals surface area contributed by atoms with Crippen LogP contribution in [0.3, 0.4) is 0 Å². The first kappa shape index (κ1) is 16.1. The van der Waals surface area contributed by atoms with Gasteiger partial charge in [-0.2, -0.15) is 0 Å². The third-order valence-electron chi connectivity index (χ3n) is 3.81. The number of nitrogens with two attached hydrogens (primary N) is 1. The molecule has 120 valence electrons. The first-order valence-corrected chi connectivity index (χ1v) is 9.28. The van der Waals surface area contributed by atoms with Gasteiger partial charge in [0.05, 0.1) is 11.3 Å². The molecule has 0 atom stereocenters. The zero-order valence-electron chi connectivity index (χ0n) is 12.8. The highest BCUT2D eigenvalue weighted by atomic mass is 32.2. The van der Waals surface area contributed by atoms with Crippen molar-refractivity contribution in [3.05, 3.63) is 45.8 Å². The van der Waals surface area contributed by atoms with E-state index in [0.717, 1.165) is 29.7 Å². The molecule has 4 nitrogen and oxygen atoms in total. The number of carbonyl (C=O) groups is 2. The Bertz CT molecular complexity index is 751. The first-order valence-electron chi connectivity index (χ1n) is 7.48. The van der Waals surface area contributed by atoms with E-state index in [1.165, 1.54) is 33.5 Å². The molecule has 2 amide bonds. The summed E-state index contributed by atoms with van der Waals surface area (Å²) in [6.07, 6.45) is 2.89. The van der Waals surface area contributed by atoms with Crippen LogP contribution in [0.1, 0.15) is 32.8 Å². The Morgan fingerprint density at radius 1 is 1.26 bits per heavy atom. The number of hydrogen-bond donors (Lipinski definition) is 2. The number of anilines is 1. The second-order valence-corrected chi connectivity index (χ2v) is 7.73. The molecule has 0 unspecified atom stereocenters. The Balaban J connectivity index is 1.66. The van der Waals surface area contributed by atoms with Gasteiger partial charge >= 0.3 is 0 Å². The Hall–Kier alpha value is -1.79. The van der Waals surface area contributed by atoms with Gasteiger partial charge in [-0.25, -0.2) is 0 Å². The van der Waals surface area contributed by atoms with Crippen LogP contribution in [0.25, 0.3) is 0 Å². The summed E-state index contributed by atoms with van der Waals surface area (Å²) in [5.41, 5.74) is 8.23. The molecule has 0 bridgehead atoms. The fourth-order valence-corrected chi connectivity index (χ4v) is 4.71. The van der Waals surface area contributed by atoms with Crippen molar-refractivity contribution in [2.45, 2.75) is 31.1 Å². The maximum atomic E-state index is 12.2. The Kier molecular flexibility index (Phi) is 4.73. The molecule has 23 heavy (non-hydrogen) atoms. The lowest BCUT2D eigenvalue weighted by atomic mass is 10.1. The van der Waals surface area contributed by atoms with Gasteiger partial charge in [0.25, 0.3) is 5.91 Å². The second kappa shape index (κ2) is 6.76. The van der Waals surface area contributed by atoms with Crippen molar-refractivity contribution in [3.8, 4) is 0 Å². The molecule has 1 aromatic heterocycles. The third kappa shape index (κ3) is 3.59. The number of fused-ring (bicyclic) bond motifs is 1. The van der Waals surface area contributed by atoms with Crippen molar-refractivity contribution >= 4 is 39.9 Å². The van der Waals surface area contributed by atoms with Crippen molar-refractivity contribution in [2.75, 3.05) is 11.1 Å². The standard InChI is InChI=1S/C17H18N2O2S2/c1-10-5-7-11(8-6-10)22-9-14(20)19-17-15(16(18)21)12-3-2-4-13(12)23-17/h5-8H,2-4,9H2,1H3,(H2,18,21)(H,19,20). The Morgan fingerprint density at radius 3 is 2.70 bits per heavy atom. The lowest BCUT2D eigenvalue weighted by Gasteiger charge is -2.06. The molecular weight excluding hydrogens is 328 g/mol. The monoisotopic (exact) mass is 346 g/mol. The smallest absolute Gasteiger partial charge is 0.251 e. The fraction of sp³-hybridized carbons (Fsp3) is 0.294. The van der Waals surface area contributed by atoms with Crippen LogP contribution in [0.2, 0.25) is 0 Å². The molecule has 1 heterocycles. The number of rotatable bonds is 5. The van der Waals surface area contributed by atoms with Crippen LogP contribution in [-0.4, -0.2) is 17.6 Å². The minimum Gasteiger partial charge on any atom is -0.365 e. The summed E-state index contributed by atoms with van der Waals surface area (Å²) in [5, 5.41) is 3.47. The summed E-state index contributed by atoms with van der Waals surface area (Å²) in [4.78, 5) is 26.1. The van der Waals surface area contributed by atoms with E-state index >= 15 is 0 Å². The van der Waals surface area contributed by atoms with Gasteiger partial charge in [0.15, 0.2) is 0 Å². The van der Waals surface area contributed by atoms with E-state index in [2.05, 4.69) is 5.32 Å². The quantitative estimate of drug-likeness (QED) is 0.815. The zero-order valence-corrected chi connectivity index (χ0v) is 14.5. The van der Waals surface area contributed by atoms with Gasteiger partial charge in [-0.05, 0) is 43.9 Å². The number of hydrogen-bond acceptors (Lipinski definition) is 4. The van der Waals surface area contributed by atoms with Gasteiger partial charge in [0.2, 0.25) is 5.91 Å². The number of amides is 2. The number of benzene rings is 1. The molecule has 1 aliphatic rings. The van der Waals surface area contributed by atoms with Crippen LogP contribution >= 0.6 is 23.1 Å². The van der Waals surface area contributed by atoms with Crippen molar-refractivity contribution in [3.63, 3.8) is 0 Å². The van der Waals surface area contributed by atoms with Crippen LogP contribution in [-0.2, 0) is 17.6 Å². The second-order valence-electron chi connectivity index (χ2n) is 5.58. The fourth-order valence-electron chi connectivity index (χ4n) is 2.70. The molecule has 0 saturated heterocycles. The van der Waals surface area contributed by atoms with Crippen LogP contribution in [0.5, 0.6) is 0 Å². The van der Waals surface area contributed by atoms with Crippen LogP contribution in [0.4, 0.5) is 5.00 Å². The number of thiophene rings is 1. The number of thioether (sulfide) groups is 1. The summed E-state index contributed by atoms with van der Waals surface area (Å²) in [6.45, 7) is 2.03. The molecule has 3 rings (SSSR count). The first-order chi connectivity index (χ1) is 11.0. The van der Waals surface area contributed by atoms with Gasteiger partial charge in [-0.15, -0.1) is 23.1 Å². The van der Waals surface area contributed by atoms with Gasteiger partial charge in [0, 0.05) is 9.77 Å². The molecule has 0 radical (unpaired) electrons. The van der Waals surface area contributed by atoms with Crippen LogP contribution < -0.4 is 11.1 Å². The normalized spacial score (nSPS) is 12.9. The van der Waals surface area contributed by atoms with Crippen molar-refractivity contribution in [2.24, 2.45) is 5.73 Å². The molecule has 0 fully saturated rings. The van der Waals surface area contributed by atoms with Crippen molar-refractivity contribution < 1.29 is 9.59 Å². The molecular formula is C17H18N2O2S2. The van der Waals surface area contributed by atoms with E-state index in [0.29, 0.717) is 16.3 Å². The number of aryl methyl sites for hydroxylation is 2. The minimum atomic E-state index is -0.453. The van der Waals surface area contributed by atoms with Crippen molar-refractivity contribution in [1.29, 1.82) is 0 Å². The van der Waals surface area contributed by atoms with Crippen LogP contribution in [0, 0.1) is 6.92 Å². The molecule has 0 aliphatic heterocycles. The average molecular weight is 346 g/mol. The maximum absolute atomic E-state index is 12.2. The van der Waals surface area contributed by atoms with Gasteiger partial charge in [0.1, 0.15) is 5.00 Å². The minimum absolute atomic E-state index is 0.113. The van der Waals surface area contributed by atoms with E-state index in [1.54, 1.807) is 0 Å². The predicted octanol–water partition coefficient (Wildman–Crippen LogP) is 3.37. The highest BCUT2D eigenvalue weighted by Gasteiger charge is 2.26. The summed E-state index contributed by atoms with van der Waals surface area (Å²) in [6, 6.07) is 8.05. The lowest BCUT2D eigenvalue weighted by molar-refractivity contribution is -0.113. The SMILES string of the molecule is Cc1ccc(SCC(=O)Nc2sc3c(c2C(N)=O)CCC3)cc1. The zero-order chi connectivity index (χ0) is 16.4. The van der Waals surface area contributed by atoms with Gasteiger partial charge in [-0.1, -0.05) is 17.7 Å². The highest BCUT2D eigenvalue weighted by molar-refractivity contribution is 8.00. The molecule has 6 heteroatoms. The summed E-state index contributed by atoms with van der Waals surface area (Å²) >= 11 is 2.96. The van der Waals surface area contributed by atoms with Crippen molar-refractivity contribution in [1.82, 2.24) is 0 Å². The maximum Gasteiger partial charge on any atom is 0.251 e. The average Bonchev–Trinajstić information content (AvgIpc) is 3.06. The van der Waals surface area contributed by atoms with Crippen LogP contribution in [0.15, 0.2) is 29.2 Å². The number of nitrogens with one attached hydrogen (secondary N) is 1. The van der Waals surface area contributed by atoms with E-state index in [4.69, 9.17) is 5.73 Å².